The molecule has 0 unspecified atom stereocenters. The quantitative estimate of drug-likeness (QED) is 0.285. The van der Waals surface area contributed by atoms with E-state index in [2.05, 4.69) is 10.6 Å². The van der Waals surface area contributed by atoms with Crippen molar-refractivity contribution in [2.45, 2.75) is 6.92 Å². The van der Waals surface area contributed by atoms with Crippen LogP contribution in [0.15, 0.2) is 72.3 Å². The Labute approximate surface area is 214 Å². The van der Waals surface area contributed by atoms with E-state index in [4.69, 9.17) is 25.8 Å². The number of ether oxygens (including phenoxy) is 3. The Morgan fingerprint density at radius 3 is 2.42 bits per heavy atom. The number of benzene rings is 3. The molecular formula is C27H24ClN3O5. The van der Waals surface area contributed by atoms with Gasteiger partial charge >= 0.3 is 0 Å². The molecule has 3 rings (SSSR count). The number of amides is 2. The van der Waals surface area contributed by atoms with E-state index in [0.717, 1.165) is 0 Å². The SMILES string of the molecule is CCOc1cc(/C=C(\C#N)C(=O)Nc2ccccc2Cl)ccc1OCC(=O)Nc1ccc(OC)cc1. The average Bonchev–Trinajstić information content (AvgIpc) is 2.88. The summed E-state index contributed by atoms with van der Waals surface area (Å²) in [5.74, 6) is 0.444. The van der Waals surface area contributed by atoms with Crippen molar-refractivity contribution in [1.29, 1.82) is 5.26 Å². The Bertz CT molecular complexity index is 1300. The summed E-state index contributed by atoms with van der Waals surface area (Å²) in [6.45, 7) is 1.91. The molecule has 3 aromatic carbocycles. The van der Waals surface area contributed by atoms with Gasteiger partial charge in [0.25, 0.3) is 11.8 Å². The van der Waals surface area contributed by atoms with Crippen LogP contribution in [0, 0.1) is 11.3 Å². The molecule has 0 saturated carbocycles. The van der Waals surface area contributed by atoms with Gasteiger partial charge in [-0.1, -0.05) is 29.8 Å². The van der Waals surface area contributed by atoms with Crippen molar-refractivity contribution in [2.75, 3.05) is 31.0 Å². The minimum absolute atomic E-state index is 0.120. The fourth-order valence-corrected chi connectivity index (χ4v) is 3.27. The normalized spacial score (nSPS) is 10.7. The van der Waals surface area contributed by atoms with Gasteiger partial charge in [0.1, 0.15) is 17.4 Å². The van der Waals surface area contributed by atoms with Crippen LogP contribution >= 0.6 is 11.6 Å². The number of carbonyl (C=O) groups excluding carboxylic acids is 2. The van der Waals surface area contributed by atoms with E-state index in [-0.39, 0.29) is 18.1 Å². The van der Waals surface area contributed by atoms with E-state index in [1.807, 2.05) is 6.07 Å². The van der Waals surface area contributed by atoms with Crippen LogP contribution in [0.4, 0.5) is 11.4 Å². The molecule has 0 aliphatic carbocycles. The number of nitrogens with zero attached hydrogens (tertiary/aromatic N) is 1. The number of halogens is 1. The lowest BCUT2D eigenvalue weighted by molar-refractivity contribution is -0.118. The molecule has 2 N–H and O–H groups in total. The van der Waals surface area contributed by atoms with E-state index in [0.29, 0.717) is 45.8 Å². The highest BCUT2D eigenvalue weighted by Crippen LogP contribution is 2.30. The van der Waals surface area contributed by atoms with Gasteiger partial charge in [0.15, 0.2) is 18.1 Å². The Hall–Kier alpha value is -4.48. The van der Waals surface area contributed by atoms with Gasteiger partial charge in [0.05, 0.1) is 24.4 Å². The molecule has 0 atom stereocenters. The first-order valence-electron chi connectivity index (χ1n) is 10.9. The predicted molar refractivity (Wildman–Crippen MR) is 138 cm³/mol. The van der Waals surface area contributed by atoms with Gasteiger partial charge in [-0.05, 0) is 67.1 Å². The van der Waals surface area contributed by atoms with Crippen molar-refractivity contribution < 1.29 is 23.8 Å². The van der Waals surface area contributed by atoms with Crippen molar-refractivity contribution >= 4 is 40.9 Å². The lowest BCUT2D eigenvalue weighted by Gasteiger charge is -2.13. The number of nitriles is 1. The summed E-state index contributed by atoms with van der Waals surface area (Å²) in [7, 11) is 1.56. The number of hydrogen-bond acceptors (Lipinski definition) is 6. The number of carbonyl (C=O) groups is 2. The minimum atomic E-state index is -0.598. The van der Waals surface area contributed by atoms with Crippen molar-refractivity contribution in [3.05, 3.63) is 82.9 Å². The first-order valence-corrected chi connectivity index (χ1v) is 11.3. The summed E-state index contributed by atoms with van der Waals surface area (Å²) in [6.07, 6.45) is 1.43. The van der Waals surface area contributed by atoms with Crippen molar-refractivity contribution in [2.24, 2.45) is 0 Å². The molecule has 0 bridgehead atoms. The van der Waals surface area contributed by atoms with Crippen LogP contribution in [0.25, 0.3) is 6.08 Å². The Balaban J connectivity index is 1.69. The third-order valence-electron chi connectivity index (χ3n) is 4.80. The number of methoxy groups -OCH3 is 1. The number of para-hydroxylation sites is 1. The average molecular weight is 506 g/mol. The lowest BCUT2D eigenvalue weighted by atomic mass is 10.1. The molecule has 184 valence electrons. The monoisotopic (exact) mass is 505 g/mol. The van der Waals surface area contributed by atoms with E-state index in [1.54, 1.807) is 80.8 Å². The van der Waals surface area contributed by atoms with Gasteiger partial charge in [-0.2, -0.15) is 5.26 Å². The maximum Gasteiger partial charge on any atom is 0.266 e. The summed E-state index contributed by atoms with van der Waals surface area (Å²) in [5, 5.41) is 15.2. The highest BCUT2D eigenvalue weighted by atomic mass is 35.5. The van der Waals surface area contributed by atoms with E-state index >= 15 is 0 Å². The largest absolute Gasteiger partial charge is 0.497 e. The molecule has 0 spiro atoms. The molecule has 36 heavy (non-hydrogen) atoms. The Kier molecular flexibility index (Phi) is 9.32. The fraction of sp³-hybridized carbons (Fsp3) is 0.148. The van der Waals surface area contributed by atoms with Gasteiger partial charge < -0.3 is 24.8 Å². The highest BCUT2D eigenvalue weighted by Gasteiger charge is 2.13. The molecule has 0 saturated heterocycles. The predicted octanol–water partition coefficient (Wildman–Crippen LogP) is 5.31. The third kappa shape index (κ3) is 7.26. The maximum absolute atomic E-state index is 12.6. The Morgan fingerprint density at radius 2 is 1.75 bits per heavy atom. The first kappa shape index (κ1) is 26.1. The molecule has 0 aliphatic rings. The van der Waals surface area contributed by atoms with Gasteiger partial charge in [0, 0.05) is 5.69 Å². The molecule has 0 fully saturated rings. The minimum Gasteiger partial charge on any atom is -0.497 e. The summed E-state index contributed by atoms with van der Waals surface area (Å²) in [6, 6.07) is 20.4. The van der Waals surface area contributed by atoms with Gasteiger partial charge in [-0.15, -0.1) is 0 Å². The second-order valence-electron chi connectivity index (χ2n) is 7.31. The van der Waals surface area contributed by atoms with Crippen LogP contribution in [0.1, 0.15) is 12.5 Å². The highest BCUT2D eigenvalue weighted by molar-refractivity contribution is 6.34. The molecule has 0 aliphatic heterocycles. The lowest BCUT2D eigenvalue weighted by Crippen LogP contribution is -2.20. The van der Waals surface area contributed by atoms with Gasteiger partial charge in [-0.25, -0.2) is 0 Å². The molecule has 0 radical (unpaired) electrons. The van der Waals surface area contributed by atoms with Gasteiger partial charge in [-0.3, -0.25) is 9.59 Å². The van der Waals surface area contributed by atoms with Crippen LogP contribution in [-0.2, 0) is 9.59 Å². The fourth-order valence-electron chi connectivity index (χ4n) is 3.08. The molecule has 2 amide bonds. The zero-order valence-corrected chi connectivity index (χ0v) is 20.5. The van der Waals surface area contributed by atoms with Crippen LogP contribution in [0.3, 0.4) is 0 Å². The number of hydrogen-bond donors (Lipinski definition) is 2. The molecule has 9 heteroatoms. The number of anilines is 2. The summed E-state index contributed by atoms with van der Waals surface area (Å²) >= 11 is 6.08. The standard InChI is InChI=1S/C27H24ClN3O5/c1-3-35-25-15-18(14-19(16-29)27(33)31-23-7-5-4-6-22(23)28)8-13-24(25)36-17-26(32)30-20-9-11-21(34-2)12-10-20/h4-15H,3,17H2,1-2H3,(H,30,32)(H,31,33)/b19-14+. The van der Waals surface area contributed by atoms with Crippen LogP contribution in [0.5, 0.6) is 17.2 Å². The zero-order valence-electron chi connectivity index (χ0n) is 19.7. The summed E-state index contributed by atoms with van der Waals surface area (Å²) < 4.78 is 16.4. The molecule has 0 heterocycles. The van der Waals surface area contributed by atoms with Gasteiger partial charge in [0.2, 0.25) is 0 Å². The second-order valence-corrected chi connectivity index (χ2v) is 7.72. The second kappa shape index (κ2) is 12.8. The molecule has 3 aromatic rings. The zero-order chi connectivity index (χ0) is 25.9. The molecular weight excluding hydrogens is 482 g/mol. The Morgan fingerprint density at radius 1 is 1.00 bits per heavy atom. The summed E-state index contributed by atoms with van der Waals surface area (Å²) in [4.78, 5) is 24.9. The smallest absolute Gasteiger partial charge is 0.266 e. The van der Waals surface area contributed by atoms with Crippen LogP contribution in [-0.4, -0.2) is 32.1 Å². The molecule has 0 aromatic heterocycles. The third-order valence-corrected chi connectivity index (χ3v) is 5.13. The maximum atomic E-state index is 12.6. The number of rotatable bonds is 10. The summed E-state index contributed by atoms with van der Waals surface area (Å²) in [5.41, 5.74) is 1.43. The topological polar surface area (TPSA) is 110 Å². The molecule has 8 nitrogen and oxygen atoms in total. The van der Waals surface area contributed by atoms with Crippen molar-refractivity contribution in [3.8, 4) is 23.3 Å². The van der Waals surface area contributed by atoms with Crippen molar-refractivity contribution in [1.82, 2.24) is 0 Å². The van der Waals surface area contributed by atoms with E-state index < -0.39 is 5.91 Å². The van der Waals surface area contributed by atoms with Crippen LogP contribution in [0.2, 0.25) is 5.02 Å². The van der Waals surface area contributed by atoms with Crippen molar-refractivity contribution in [3.63, 3.8) is 0 Å². The van der Waals surface area contributed by atoms with E-state index in [1.165, 1.54) is 6.08 Å². The number of nitrogens with one attached hydrogen (secondary N) is 2. The first-order chi connectivity index (χ1) is 17.4. The van der Waals surface area contributed by atoms with E-state index in [9.17, 15) is 14.9 Å². The van der Waals surface area contributed by atoms with Crippen LogP contribution < -0.4 is 24.8 Å².